The van der Waals surface area contributed by atoms with Gasteiger partial charge < -0.3 is 14.6 Å². The summed E-state index contributed by atoms with van der Waals surface area (Å²) in [5.41, 5.74) is 5.10. The van der Waals surface area contributed by atoms with Crippen LogP contribution in [0.4, 0.5) is 0 Å². The van der Waals surface area contributed by atoms with E-state index in [1.54, 1.807) is 0 Å². The molecule has 2 atom stereocenters. The van der Waals surface area contributed by atoms with Crippen LogP contribution in [0.5, 0.6) is 0 Å². The van der Waals surface area contributed by atoms with E-state index in [0.29, 0.717) is 24.4 Å². The number of rotatable bonds is 15. The molecular formula is C44H55N5OS. The van der Waals surface area contributed by atoms with Crippen molar-refractivity contribution < 1.29 is 4.42 Å². The first-order valence-corrected chi connectivity index (χ1v) is 20.0. The third-order valence-corrected chi connectivity index (χ3v) is 12.1. The molecule has 0 spiro atoms. The van der Waals surface area contributed by atoms with Gasteiger partial charge in [-0.15, -0.1) is 11.3 Å². The second-order valence-corrected chi connectivity index (χ2v) is 15.8. The lowest BCUT2D eigenvalue weighted by Crippen LogP contribution is -2.49. The first-order chi connectivity index (χ1) is 25.1. The molecule has 7 heteroatoms. The minimum absolute atomic E-state index is 0.192. The molecule has 3 aromatic carbocycles. The summed E-state index contributed by atoms with van der Waals surface area (Å²) < 4.78 is 6.97. The summed E-state index contributed by atoms with van der Waals surface area (Å²) in [5.74, 6) is 3.12. The topological polar surface area (TPSA) is 47.8 Å². The van der Waals surface area contributed by atoms with Crippen molar-refractivity contribution in [2.24, 2.45) is 11.8 Å². The molecule has 2 fully saturated rings. The van der Waals surface area contributed by atoms with E-state index in [-0.39, 0.29) is 6.04 Å². The minimum atomic E-state index is 0.192. The van der Waals surface area contributed by atoms with Crippen LogP contribution in [0.1, 0.15) is 76.7 Å². The van der Waals surface area contributed by atoms with E-state index in [9.17, 15) is 0 Å². The highest BCUT2D eigenvalue weighted by molar-refractivity contribution is 7.10. The second-order valence-electron chi connectivity index (χ2n) is 14.8. The Morgan fingerprint density at radius 2 is 1.39 bits per heavy atom. The number of oxazole rings is 1. The molecular weight excluding hydrogens is 647 g/mol. The van der Waals surface area contributed by atoms with Gasteiger partial charge in [-0.3, -0.25) is 9.80 Å². The molecule has 1 saturated carbocycles. The standard InChI is InChI=1S/C44H55N5OS/c1-47(2)42(41-19-12-30-51-41)37-20-22-38(23-21-37)43(49-28-26-48(27-29-49)33-36-17-10-5-11-18-36)44-46-39(31-35-15-8-4-9-16-35)40(50-44)32-45-25-24-34-13-6-3-7-14-34/h3-19,30,37-38,42-43,45H,20-29,31-33H2,1-2H3. The van der Waals surface area contributed by atoms with Gasteiger partial charge in [-0.25, -0.2) is 4.98 Å². The largest absolute Gasteiger partial charge is 0.442 e. The monoisotopic (exact) mass is 701 g/mol. The zero-order valence-corrected chi connectivity index (χ0v) is 31.3. The number of benzene rings is 3. The Bertz CT molecular complexity index is 1710. The molecule has 2 aliphatic rings. The van der Waals surface area contributed by atoms with E-state index in [0.717, 1.165) is 69.5 Å². The van der Waals surface area contributed by atoms with E-state index in [1.165, 1.54) is 47.3 Å². The normalized spacial score (nSPS) is 20.1. The Hall–Kier alpha value is -3.59. The van der Waals surface area contributed by atoms with Crippen LogP contribution in [0.2, 0.25) is 0 Å². The van der Waals surface area contributed by atoms with Gasteiger partial charge in [0.15, 0.2) is 0 Å². The highest BCUT2D eigenvalue weighted by Gasteiger charge is 2.39. The van der Waals surface area contributed by atoms with Gasteiger partial charge in [0.1, 0.15) is 5.76 Å². The summed E-state index contributed by atoms with van der Waals surface area (Å²) in [6, 6.07) is 37.6. The number of aromatic nitrogens is 1. The second kappa shape index (κ2) is 17.8. The summed E-state index contributed by atoms with van der Waals surface area (Å²) in [5, 5.41) is 5.93. The van der Waals surface area contributed by atoms with Crippen molar-refractivity contribution >= 4 is 11.3 Å². The van der Waals surface area contributed by atoms with Gasteiger partial charge in [-0.1, -0.05) is 97.1 Å². The maximum Gasteiger partial charge on any atom is 0.212 e. The zero-order valence-electron chi connectivity index (χ0n) is 30.5. The van der Waals surface area contributed by atoms with Crippen molar-refractivity contribution in [2.45, 2.75) is 63.7 Å². The van der Waals surface area contributed by atoms with Crippen LogP contribution in [0.25, 0.3) is 0 Å². The summed E-state index contributed by atoms with van der Waals surface area (Å²) in [6.07, 6.45) is 6.67. The Morgan fingerprint density at radius 1 is 0.765 bits per heavy atom. The SMILES string of the molecule is CN(C)C(c1cccs1)C1CCC(C(c2nc(Cc3ccccc3)c(CNCCc3ccccc3)o2)N2CCN(Cc3ccccc3)CC2)CC1. The Morgan fingerprint density at radius 3 is 2.02 bits per heavy atom. The van der Waals surface area contributed by atoms with Gasteiger partial charge in [0.2, 0.25) is 5.89 Å². The third kappa shape index (κ3) is 9.45. The molecule has 7 rings (SSSR count). The number of nitrogens with one attached hydrogen (secondary N) is 1. The van der Waals surface area contributed by atoms with Crippen molar-refractivity contribution in [3.05, 3.63) is 147 Å². The lowest BCUT2D eigenvalue weighted by Gasteiger charge is -2.44. The van der Waals surface area contributed by atoms with Crippen LogP contribution < -0.4 is 5.32 Å². The van der Waals surface area contributed by atoms with Gasteiger partial charge in [-0.05, 0) is 92.7 Å². The van der Waals surface area contributed by atoms with Crippen molar-refractivity contribution in [3.63, 3.8) is 0 Å². The van der Waals surface area contributed by atoms with Crippen LogP contribution in [0.3, 0.4) is 0 Å². The van der Waals surface area contributed by atoms with Gasteiger partial charge in [0.25, 0.3) is 0 Å². The van der Waals surface area contributed by atoms with E-state index >= 15 is 0 Å². The molecule has 51 heavy (non-hydrogen) atoms. The molecule has 1 aliphatic heterocycles. The van der Waals surface area contributed by atoms with Crippen molar-refractivity contribution in [1.82, 2.24) is 25.0 Å². The number of piperazine rings is 1. The molecule has 2 unspecified atom stereocenters. The Labute approximate surface area is 309 Å². The van der Waals surface area contributed by atoms with Crippen molar-refractivity contribution in [1.29, 1.82) is 0 Å². The maximum absolute atomic E-state index is 6.97. The molecule has 2 aromatic heterocycles. The molecule has 1 N–H and O–H groups in total. The highest BCUT2D eigenvalue weighted by atomic mass is 32.1. The lowest BCUT2D eigenvalue weighted by molar-refractivity contribution is 0.0297. The molecule has 0 bridgehead atoms. The predicted molar refractivity (Wildman–Crippen MR) is 210 cm³/mol. The first-order valence-electron chi connectivity index (χ1n) is 19.1. The number of thiophene rings is 1. The molecule has 1 saturated heterocycles. The fraction of sp³-hybridized carbons (Fsp3) is 0.432. The van der Waals surface area contributed by atoms with Crippen LogP contribution in [-0.4, -0.2) is 66.5 Å². The maximum atomic E-state index is 6.97. The Kier molecular flexibility index (Phi) is 12.5. The zero-order chi connectivity index (χ0) is 34.8. The fourth-order valence-electron chi connectivity index (χ4n) is 8.52. The number of hydrogen-bond acceptors (Lipinski definition) is 7. The lowest BCUT2D eigenvalue weighted by atomic mass is 9.74. The highest BCUT2D eigenvalue weighted by Crippen LogP contribution is 2.46. The van der Waals surface area contributed by atoms with Gasteiger partial charge >= 0.3 is 0 Å². The predicted octanol–water partition coefficient (Wildman–Crippen LogP) is 8.63. The van der Waals surface area contributed by atoms with Crippen LogP contribution in [0, 0.1) is 11.8 Å². The quantitative estimate of drug-likeness (QED) is 0.110. The van der Waals surface area contributed by atoms with E-state index in [1.807, 2.05) is 11.3 Å². The summed E-state index contributed by atoms with van der Waals surface area (Å²) in [7, 11) is 4.51. The molecule has 0 amide bonds. The minimum Gasteiger partial charge on any atom is -0.442 e. The molecule has 3 heterocycles. The summed E-state index contributed by atoms with van der Waals surface area (Å²) in [6.45, 7) is 6.80. The van der Waals surface area contributed by atoms with Crippen molar-refractivity contribution in [3.8, 4) is 0 Å². The van der Waals surface area contributed by atoms with Gasteiger partial charge in [0, 0.05) is 50.1 Å². The number of hydrogen-bond donors (Lipinski definition) is 1. The van der Waals surface area contributed by atoms with Crippen LogP contribution in [-0.2, 0) is 25.9 Å². The van der Waals surface area contributed by atoms with E-state index in [2.05, 4.69) is 143 Å². The summed E-state index contributed by atoms with van der Waals surface area (Å²) in [4.78, 5) is 14.7. The van der Waals surface area contributed by atoms with Crippen LogP contribution in [0.15, 0.2) is 113 Å². The third-order valence-electron chi connectivity index (χ3n) is 11.1. The average molecular weight is 702 g/mol. The van der Waals surface area contributed by atoms with Crippen LogP contribution >= 0.6 is 11.3 Å². The average Bonchev–Trinajstić information content (AvgIpc) is 3.83. The fourth-order valence-corrected chi connectivity index (χ4v) is 9.53. The molecule has 6 nitrogen and oxygen atoms in total. The number of nitrogens with zero attached hydrogens (tertiary/aromatic N) is 4. The molecule has 5 aromatic rings. The molecule has 0 radical (unpaired) electrons. The smallest absolute Gasteiger partial charge is 0.212 e. The summed E-state index contributed by atoms with van der Waals surface area (Å²) >= 11 is 1.91. The van der Waals surface area contributed by atoms with Crippen molar-refractivity contribution in [2.75, 3.05) is 46.8 Å². The van der Waals surface area contributed by atoms with E-state index < -0.39 is 0 Å². The van der Waals surface area contributed by atoms with Gasteiger partial charge in [-0.2, -0.15) is 0 Å². The van der Waals surface area contributed by atoms with E-state index in [4.69, 9.17) is 9.40 Å². The Balaban J connectivity index is 1.11. The first kappa shape index (κ1) is 35.8. The van der Waals surface area contributed by atoms with Gasteiger partial charge in [0.05, 0.1) is 18.3 Å². The molecule has 1 aliphatic carbocycles. The molecule has 268 valence electrons.